The molecule has 0 rings (SSSR count). The average molecular weight is 187 g/mol. The first-order chi connectivity index (χ1) is 5.26. The minimum Gasteiger partial charge on any atom is -0.724 e. The summed E-state index contributed by atoms with van der Waals surface area (Å²) in [4.78, 5) is 9.65. The van der Waals surface area contributed by atoms with Crippen molar-refractivity contribution >= 4 is 0 Å². The Labute approximate surface area is 91.7 Å². The summed E-state index contributed by atoms with van der Waals surface area (Å²) in [6.45, 7) is -0.575. The molecule has 0 bridgehead atoms. The summed E-state index contributed by atoms with van der Waals surface area (Å²) in [7, 11) is 0. The Morgan fingerprint density at radius 3 is 1.92 bits per heavy atom. The van der Waals surface area contributed by atoms with E-state index in [-0.39, 0.29) is 61.1 Å². The van der Waals surface area contributed by atoms with Gasteiger partial charge in [0.15, 0.2) is 0 Å². The third-order valence-corrected chi connectivity index (χ3v) is 1.03. The van der Waals surface area contributed by atoms with Gasteiger partial charge in [-0.2, -0.15) is 0 Å². The molecule has 0 aromatic rings. The van der Waals surface area contributed by atoms with Crippen LogP contribution in [0.4, 0.5) is 0 Å². The molecule has 8 heteroatoms. The summed E-state index contributed by atoms with van der Waals surface area (Å²) in [5.74, 6) is 0. The molecule has 0 unspecified atom stereocenters. The smallest absolute Gasteiger partial charge is 0.724 e. The van der Waals surface area contributed by atoms with Crippen LogP contribution in [0.15, 0.2) is 5.29 Å². The van der Waals surface area contributed by atoms with Crippen molar-refractivity contribution in [2.75, 3.05) is 26.3 Å². The Bertz CT molecular complexity index is 110. The van der Waals surface area contributed by atoms with E-state index < -0.39 is 0 Å². The molecule has 2 N–H and O–H groups in total. The SMILES string of the molecule is O=NN([O-])N(CCO)CCO.[Na+]. The predicted octanol–water partition coefficient (Wildman–Crippen LogP) is -4.33. The number of aliphatic hydroxyl groups is 2. The first-order valence-corrected chi connectivity index (χ1v) is 3.03. The Hall–Kier alpha value is 0.240. The molecule has 7 nitrogen and oxygen atoms in total. The standard InChI is InChI=1S/C4H10N3O4.Na/c8-3-1-6(2-4-9)7(11)5-10;/h8-9H,1-4H2;/q-1;+1. The van der Waals surface area contributed by atoms with Crippen LogP contribution in [0.5, 0.6) is 0 Å². The summed E-state index contributed by atoms with van der Waals surface area (Å²) >= 11 is 0. The molecule has 0 aromatic heterocycles. The zero-order valence-electron chi connectivity index (χ0n) is 6.88. The topological polar surface area (TPSA) is 99.4 Å². The summed E-state index contributed by atoms with van der Waals surface area (Å²) in [6, 6.07) is 0. The van der Waals surface area contributed by atoms with Gasteiger partial charge in [0.1, 0.15) is 0 Å². The van der Waals surface area contributed by atoms with Gasteiger partial charge in [0.05, 0.1) is 18.5 Å². The van der Waals surface area contributed by atoms with Gasteiger partial charge in [-0.15, -0.1) is 4.91 Å². The zero-order valence-corrected chi connectivity index (χ0v) is 8.88. The van der Waals surface area contributed by atoms with Gasteiger partial charge in [-0.05, 0) is 0 Å². The minimum absolute atomic E-state index is 0. The monoisotopic (exact) mass is 187 g/mol. The number of nitroso groups, excluding NO2 is 1. The first-order valence-electron chi connectivity index (χ1n) is 3.03. The third-order valence-electron chi connectivity index (χ3n) is 1.03. The van der Waals surface area contributed by atoms with Crippen molar-refractivity contribution < 1.29 is 39.8 Å². The Morgan fingerprint density at radius 1 is 1.25 bits per heavy atom. The average Bonchev–Trinajstić information content (AvgIpc) is 2.03. The third kappa shape index (κ3) is 5.84. The quantitative estimate of drug-likeness (QED) is 0.248. The van der Waals surface area contributed by atoms with Gasteiger partial charge < -0.3 is 15.4 Å². The van der Waals surface area contributed by atoms with E-state index >= 15 is 0 Å². The van der Waals surface area contributed by atoms with Crippen LogP contribution in [0.3, 0.4) is 0 Å². The van der Waals surface area contributed by atoms with Gasteiger partial charge in [0, 0.05) is 13.1 Å². The largest absolute Gasteiger partial charge is 1.00 e. The fourth-order valence-electron chi connectivity index (χ4n) is 0.565. The number of aliphatic hydroxyl groups excluding tert-OH is 2. The second-order valence-corrected chi connectivity index (χ2v) is 1.74. The van der Waals surface area contributed by atoms with Crippen molar-refractivity contribution in [2.45, 2.75) is 0 Å². The molecule has 0 aliphatic heterocycles. The molecule has 12 heavy (non-hydrogen) atoms. The molecule has 0 atom stereocenters. The van der Waals surface area contributed by atoms with Crippen LogP contribution in [0.1, 0.15) is 0 Å². The number of rotatable bonds is 6. The van der Waals surface area contributed by atoms with Crippen LogP contribution < -0.4 is 29.6 Å². The summed E-state index contributed by atoms with van der Waals surface area (Å²) in [5.41, 5.74) is 0. The van der Waals surface area contributed by atoms with Gasteiger partial charge in [-0.3, -0.25) is 5.28 Å². The van der Waals surface area contributed by atoms with Gasteiger partial charge in [0.25, 0.3) is 0 Å². The molecule has 0 aliphatic rings. The fourth-order valence-corrected chi connectivity index (χ4v) is 0.565. The van der Waals surface area contributed by atoms with E-state index in [4.69, 9.17) is 10.2 Å². The van der Waals surface area contributed by atoms with Crippen LogP contribution in [-0.2, 0) is 0 Å². The molecular formula is C4H10N3NaO4. The molecule has 0 fully saturated rings. The molecule has 0 heterocycles. The van der Waals surface area contributed by atoms with Crippen molar-refractivity contribution in [1.82, 2.24) is 10.3 Å². The Balaban J connectivity index is 0. The number of hydrazine groups is 1. The summed E-state index contributed by atoms with van der Waals surface area (Å²) in [5, 5.41) is 29.9. The Kier molecular flexibility index (Phi) is 11.5. The number of hydrogen-bond acceptors (Lipinski definition) is 6. The van der Waals surface area contributed by atoms with Crippen molar-refractivity contribution in [3.63, 3.8) is 0 Å². The van der Waals surface area contributed by atoms with E-state index in [2.05, 4.69) is 5.29 Å². The minimum atomic E-state index is -0.270. The van der Waals surface area contributed by atoms with Crippen LogP contribution in [0.2, 0.25) is 0 Å². The van der Waals surface area contributed by atoms with Crippen LogP contribution in [0.25, 0.3) is 0 Å². The maximum absolute atomic E-state index is 10.4. The van der Waals surface area contributed by atoms with Gasteiger partial charge in [0.2, 0.25) is 0 Å². The zero-order chi connectivity index (χ0) is 8.69. The van der Waals surface area contributed by atoms with E-state index in [9.17, 15) is 10.1 Å². The first kappa shape index (κ1) is 14.7. The number of hydrogen-bond donors (Lipinski definition) is 2. The Morgan fingerprint density at radius 2 is 1.67 bits per heavy atom. The van der Waals surface area contributed by atoms with Crippen molar-refractivity contribution in [2.24, 2.45) is 5.29 Å². The molecule has 0 radical (unpaired) electrons. The van der Waals surface area contributed by atoms with E-state index in [1.54, 1.807) is 0 Å². The maximum atomic E-state index is 10.4. The number of nitrogens with zero attached hydrogens (tertiary/aromatic N) is 3. The van der Waals surface area contributed by atoms with Gasteiger partial charge >= 0.3 is 29.6 Å². The summed E-state index contributed by atoms with van der Waals surface area (Å²) in [6.07, 6.45) is 0. The van der Waals surface area contributed by atoms with Crippen molar-refractivity contribution in [3.05, 3.63) is 10.1 Å². The van der Waals surface area contributed by atoms with Crippen molar-refractivity contribution in [3.8, 4) is 0 Å². The molecule has 0 saturated carbocycles. The van der Waals surface area contributed by atoms with E-state index in [0.717, 1.165) is 5.01 Å². The predicted molar refractivity (Wildman–Crippen MR) is 36.7 cm³/mol. The van der Waals surface area contributed by atoms with Crippen LogP contribution in [0, 0.1) is 10.1 Å². The van der Waals surface area contributed by atoms with E-state index in [1.807, 2.05) is 0 Å². The molecule has 0 aliphatic carbocycles. The molecular weight excluding hydrogens is 177 g/mol. The molecule has 0 saturated heterocycles. The molecule has 0 spiro atoms. The van der Waals surface area contributed by atoms with Crippen LogP contribution in [-0.4, -0.2) is 46.8 Å². The second kappa shape index (κ2) is 9.33. The second-order valence-electron chi connectivity index (χ2n) is 1.74. The molecule has 0 aromatic carbocycles. The molecule has 66 valence electrons. The van der Waals surface area contributed by atoms with E-state index in [0.29, 0.717) is 0 Å². The normalized spacial score (nSPS) is 9.33. The van der Waals surface area contributed by atoms with Crippen molar-refractivity contribution in [1.29, 1.82) is 0 Å². The maximum Gasteiger partial charge on any atom is 1.00 e. The summed E-state index contributed by atoms with van der Waals surface area (Å²) < 4.78 is 0. The fraction of sp³-hybridized carbons (Fsp3) is 1.00. The van der Waals surface area contributed by atoms with Gasteiger partial charge in [-0.1, -0.05) is 0 Å². The van der Waals surface area contributed by atoms with Crippen LogP contribution >= 0.6 is 0 Å². The van der Waals surface area contributed by atoms with Gasteiger partial charge in [-0.25, -0.2) is 5.01 Å². The van der Waals surface area contributed by atoms with E-state index in [1.165, 1.54) is 0 Å². The molecule has 0 amide bonds.